The number of ether oxygens (including phenoxy) is 2. The predicted octanol–water partition coefficient (Wildman–Crippen LogP) is 2.19. The number of nitrogens with one attached hydrogen (secondary N) is 1. The molecule has 1 heterocycles. The Hall–Kier alpha value is -2.05. The number of aromatic nitrogens is 1. The minimum atomic E-state index is -0.580. The van der Waals surface area contributed by atoms with Crippen LogP contribution in [0.25, 0.3) is 0 Å². The summed E-state index contributed by atoms with van der Waals surface area (Å²) in [5.74, 6) is -0.213. The lowest BCUT2D eigenvalue weighted by Crippen LogP contribution is -2.34. The molecule has 1 rings (SSSR count). The van der Waals surface area contributed by atoms with Crippen molar-refractivity contribution in [3.8, 4) is 5.88 Å². The molecule has 1 aromatic heterocycles. The molecule has 1 aromatic rings. The van der Waals surface area contributed by atoms with Crippen molar-refractivity contribution in [2.75, 3.05) is 0 Å². The molecule has 1 N–H and O–H groups in total. The zero-order chi connectivity index (χ0) is 14.6. The summed E-state index contributed by atoms with van der Waals surface area (Å²) in [5.41, 5.74) is -0.580. The van der Waals surface area contributed by atoms with Crippen molar-refractivity contribution < 1.29 is 23.5 Å². The lowest BCUT2D eigenvalue weighted by atomic mass is 10.2. The van der Waals surface area contributed by atoms with E-state index in [9.17, 15) is 9.59 Å². The summed E-state index contributed by atoms with van der Waals surface area (Å²) >= 11 is 0. The van der Waals surface area contributed by atoms with E-state index >= 15 is 0 Å². The van der Waals surface area contributed by atoms with Crippen molar-refractivity contribution in [2.45, 2.75) is 46.3 Å². The number of hydrogen-bond donors (Lipinski definition) is 1. The fourth-order valence-electron chi connectivity index (χ4n) is 1.21. The number of oxazole rings is 1. The molecule has 0 saturated heterocycles. The fraction of sp³-hybridized carbons (Fsp3) is 0.583. The van der Waals surface area contributed by atoms with Gasteiger partial charge in [0, 0.05) is 6.92 Å². The highest BCUT2D eigenvalue weighted by molar-refractivity contribution is 5.69. The molecule has 0 spiro atoms. The van der Waals surface area contributed by atoms with Crippen molar-refractivity contribution >= 4 is 12.1 Å². The smallest absolute Gasteiger partial charge is 0.408 e. The van der Waals surface area contributed by atoms with E-state index in [1.54, 1.807) is 27.7 Å². The summed E-state index contributed by atoms with van der Waals surface area (Å²) in [6.07, 6.45) is 0.622. The van der Waals surface area contributed by atoms with Crippen LogP contribution in [0.2, 0.25) is 0 Å². The van der Waals surface area contributed by atoms with Gasteiger partial charge in [-0.15, -0.1) is 0 Å². The minimum Gasteiger partial charge on any atom is -0.444 e. The van der Waals surface area contributed by atoms with Gasteiger partial charge < -0.3 is 19.2 Å². The van der Waals surface area contributed by atoms with Gasteiger partial charge in [-0.2, -0.15) is 4.98 Å². The lowest BCUT2D eigenvalue weighted by Gasteiger charge is -2.20. The molecule has 0 aromatic carbocycles. The fourth-order valence-corrected chi connectivity index (χ4v) is 1.21. The Balaban J connectivity index is 2.58. The van der Waals surface area contributed by atoms with Crippen molar-refractivity contribution in [1.29, 1.82) is 0 Å². The monoisotopic (exact) mass is 270 g/mol. The number of esters is 1. The van der Waals surface area contributed by atoms with Crippen molar-refractivity contribution in [1.82, 2.24) is 10.3 Å². The summed E-state index contributed by atoms with van der Waals surface area (Å²) in [4.78, 5) is 26.2. The second kappa shape index (κ2) is 5.73. The average molecular weight is 270 g/mol. The highest BCUT2D eigenvalue weighted by Gasteiger charge is 2.21. The standard InChI is InChI=1S/C12H18N2O5/c1-7(13-11(16)19-12(3,4)5)10-14-9(6-17-10)18-8(2)15/h6-7H,1-5H3,(H,13,16)/t7-/m1/s1. The van der Waals surface area contributed by atoms with Crippen LogP contribution < -0.4 is 10.1 Å². The molecule has 0 aliphatic rings. The summed E-state index contributed by atoms with van der Waals surface area (Å²) in [6.45, 7) is 8.23. The van der Waals surface area contributed by atoms with Crippen LogP contribution in [-0.4, -0.2) is 22.6 Å². The number of rotatable bonds is 3. The first kappa shape index (κ1) is 15.0. The number of amides is 1. The molecule has 1 atom stereocenters. The Labute approximate surface area is 111 Å². The molecule has 7 nitrogen and oxygen atoms in total. The first-order valence-corrected chi connectivity index (χ1v) is 5.81. The SMILES string of the molecule is CC(=O)Oc1coc([C@@H](C)NC(=O)OC(C)(C)C)n1. The van der Waals surface area contributed by atoms with Crippen molar-refractivity contribution in [3.05, 3.63) is 12.2 Å². The quantitative estimate of drug-likeness (QED) is 0.846. The molecule has 19 heavy (non-hydrogen) atoms. The van der Waals surface area contributed by atoms with Gasteiger partial charge in [0.1, 0.15) is 11.6 Å². The second-order valence-electron chi connectivity index (χ2n) is 4.99. The van der Waals surface area contributed by atoms with Gasteiger partial charge in [-0.25, -0.2) is 4.79 Å². The van der Waals surface area contributed by atoms with Crippen LogP contribution >= 0.6 is 0 Å². The van der Waals surface area contributed by atoms with Gasteiger partial charge in [-0.1, -0.05) is 0 Å². The highest BCUT2D eigenvalue weighted by Crippen LogP contribution is 2.17. The molecule has 0 aliphatic heterocycles. The van der Waals surface area contributed by atoms with Gasteiger partial charge in [-0.3, -0.25) is 4.79 Å². The Morgan fingerprint density at radius 2 is 2.05 bits per heavy atom. The molecule has 0 unspecified atom stereocenters. The molecule has 7 heteroatoms. The third kappa shape index (κ3) is 5.41. The van der Waals surface area contributed by atoms with E-state index < -0.39 is 23.7 Å². The third-order valence-corrected chi connectivity index (χ3v) is 1.85. The number of carbonyl (C=O) groups excluding carboxylic acids is 2. The van der Waals surface area contributed by atoms with E-state index in [0.29, 0.717) is 0 Å². The van der Waals surface area contributed by atoms with Crippen LogP contribution in [0.3, 0.4) is 0 Å². The van der Waals surface area contributed by atoms with Crippen LogP contribution in [-0.2, 0) is 9.53 Å². The van der Waals surface area contributed by atoms with E-state index in [0.717, 1.165) is 0 Å². The Kier molecular flexibility index (Phi) is 4.52. The van der Waals surface area contributed by atoms with Gasteiger partial charge in [0.15, 0.2) is 6.26 Å². The van der Waals surface area contributed by atoms with E-state index in [1.165, 1.54) is 13.2 Å². The summed E-state index contributed by atoms with van der Waals surface area (Å²) in [5, 5.41) is 2.56. The van der Waals surface area contributed by atoms with Gasteiger partial charge in [0.2, 0.25) is 5.89 Å². The second-order valence-corrected chi connectivity index (χ2v) is 4.99. The van der Waals surface area contributed by atoms with Crippen LogP contribution in [0.5, 0.6) is 5.88 Å². The van der Waals surface area contributed by atoms with Crippen LogP contribution in [0.15, 0.2) is 10.7 Å². The maximum atomic E-state index is 11.5. The largest absolute Gasteiger partial charge is 0.444 e. The number of hydrogen-bond acceptors (Lipinski definition) is 6. The van der Waals surface area contributed by atoms with Crippen molar-refractivity contribution in [3.63, 3.8) is 0 Å². The molecule has 106 valence electrons. The lowest BCUT2D eigenvalue weighted by molar-refractivity contribution is -0.132. The number of alkyl carbamates (subject to hydrolysis) is 1. The maximum absolute atomic E-state index is 11.5. The van der Waals surface area contributed by atoms with Gasteiger partial charge >= 0.3 is 12.1 Å². The Morgan fingerprint density at radius 3 is 2.58 bits per heavy atom. The molecule has 0 saturated carbocycles. The highest BCUT2D eigenvalue weighted by atomic mass is 16.6. The molecular formula is C12H18N2O5. The molecule has 0 aliphatic carbocycles. The van der Waals surface area contributed by atoms with Crippen LogP contribution in [0.4, 0.5) is 4.79 Å². The zero-order valence-electron chi connectivity index (χ0n) is 11.6. The van der Waals surface area contributed by atoms with E-state index in [4.69, 9.17) is 13.9 Å². The molecule has 0 fully saturated rings. The number of nitrogens with zero attached hydrogens (tertiary/aromatic N) is 1. The normalized spacial score (nSPS) is 12.7. The third-order valence-electron chi connectivity index (χ3n) is 1.85. The van der Waals surface area contributed by atoms with E-state index in [2.05, 4.69) is 10.3 Å². The Bertz CT molecular complexity index is 461. The van der Waals surface area contributed by atoms with Crippen LogP contribution in [0, 0.1) is 0 Å². The Morgan fingerprint density at radius 1 is 1.42 bits per heavy atom. The molecule has 0 bridgehead atoms. The molecule has 1 amide bonds. The van der Waals surface area contributed by atoms with Gasteiger partial charge in [-0.05, 0) is 27.7 Å². The van der Waals surface area contributed by atoms with E-state index in [1.807, 2.05) is 0 Å². The summed E-state index contributed by atoms with van der Waals surface area (Å²) < 4.78 is 14.9. The van der Waals surface area contributed by atoms with Gasteiger partial charge in [0.05, 0.1) is 0 Å². The minimum absolute atomic E-state index is 0.0559. The van der Waals surface area contributed by atoms with Crippen molar-refractivity contribution in [2.24, 2.45) is 0 Å². The topological polar surface area (TPSA) is 90.7 Å². The summed E-state index contributed by atoms with van der Waals surface area (Å²) in [7, 11) is 0. The number of carbonyl (C=O) groups is 2. The van der Waals surface area contributed by atoms with Gasteiger partial charge in [0.25, 0.3) is 5.88 Å². The zero-order valence-corrected chi connectivity index (χ0v) is 11.6. The maximum Gasteiger partial charge on any atom is 0.408 e. The molecular weight excluding hydrogens is 252 g/mol. The predicted molar refractivity (Wildman–Crippen MR) is 65.6 cm³/mol. The van der Waals surface area contributed by atoms with Crippen LogP contribution in [0.1, 0.15) is 46.6 Å². The van der Waals surface area contributed by atoms with E-state index in [-0.39, 0.29) is 11.8 Å². The first-order chi connectivity index (χ1) is 8.67. The first-order valence-electron chi connectivity index (χ1n) is 5.81. The summed E-state index contributed by atoms with van der Waals surface area (Å²) in [6, 6.07) is -0.501. The molecule has 0 radical (unpaired) electrons. The average Bonchev–Trinajstić information content (AvgIpc) is 2.61.